The second-order valence-corrected chi connectivity index (χ2v) is 7.08. The molecule has 3 rings (SSSR count). The summed E-state index contributed by atoms with van der Waals surface area (Å²) >= 11 is 0. The maximum absolute atomic E-state index is 5.59. The molecule has 0 unspecified atom stereocenters. The molecule has 1 aliphatic heterocycles. The van der Waals surface area contributed by atoms with E-state index in [4.69, 9.17) is 4.74 Å². The standard InChI is InChI=1S/C18H28N2O/c1-18(2)14-21-12-11-20(18)13-16-5-3-15(4-6-16)9-10-19-17-7-8-17/h3-6,17,19H,7-14H2,1-2H3. The number of benzene rings is 1. The number of nitrogens with zero attached hydrogens (tertiary/aromatic N) is 1. The van der Waals surface area contributed by atoms with E-state index >= 15 is 0 Å². The summed E-state index contributed by atoms with van der Waals surface area (Å²) in [4.78, 5) is 2.53. The van der Waals surface area contributed by atoms with Crippen LogP contribution in [0.15, 0.2) is 24.3 Å². The molecule has 1 N–H and O–H groups in total. The van der Waals surface area contributed by atoms with Crippen molar-refractivity contribution >= 4 is 0 Å². The van der Waals surface area contributed by atoms with Gasteiger partial charge in [0.2, 0.25) is 0 Å². The molecule has 21 heavy (non-hydrogen) atoms. The summed E-state index contributed by atoms with van der Waals surface area (Å²) in [6.45, 7) is 9.39. The number of nitrogens with one attached hydrogen (secondary N) is 1. The van der Waals surface area contributed by atoms with Crippen molar-refractivity contribution in [3.63, 3.8) is 0 Å². The lowest BCUT2D eigenvalue weighted by Gasteiger charge is -2.42. The first-order valence-electron chi connectivity index (χ1n) is 8.27. The lowest BCUT2D eigenvalue weighted by atomic mass is 10.0. The monoisotopic (exact) mass is 288 g/mol. The van der Waals surface area contributed by atoms with Crippen molar-refractivity contribution in [3.05, 3.63) is 35.4 Å². The van der Waals surface area contributed by atoms with Gasteiger partial charge in [-0.05, 0) is 50.8 Å². The third kappa shape index (κ3) is 4.29. The van der Waals surface area contributed by atoms with Crippen LogP contribution < -0.4 is 5.32 Å². The van der Waals surface area contributed by atoms with E-state index in [9.17, 15) is 0 Å². The number of hydrogen-bond acceptors (Lipinski definition) is 3. The molecule has 1 saturated carbocycles. The number of rotatable bonds is 6. The van der Waals surface area contributed by atoms with E-state index in [1.54, 1.807) is 0 Å². The molecular weight excluding hydrogens is 260 g/mol. The van der Waals surface area contributed by atoms with Crippen LogP contribution in [0.4, 0.5) is 0 Å². The maximum atomic E-state index is 5.59. The highest BCUT2D eigenvalue weighted by Gasteiger charge is 2.30. The van der Waals surface area contributed by atoms with E-state index < -0.39 is 0 Å². The Labute approximate surface area is 128 Å². The Morgan fingerprint density at radius 2 is 1.90 bits per heavy atom. The smallest absolute Gasteiger partial charge is 0.0645 e. The zero-order valence-electron chi connectivity index (χ0n) is 13.4. The summed E-state index contributed by atoms with van der Waals surface area (Å²) in [5.41, 5.74) is 2.99. The molecule has 0 aromatic heterocycles. The van der Waals surface area contributed by atoms with Gasteiger partial charge in [-0.1, -0.05) is 24.3 Å². The normalized spacial score (nSPS) is 22.4. The fraction of sp³-hybridized carbons (Fsp3) is 0.667. The second kappa shape index (κ2) is 6.47. The maximum Gasteiger partial charge on any atom is 0.0645 e. The number of ether oxygens (including phenoxy) is 1. The summed E-state index contributed by atoms with van der Waals surface area (Å²) in [5.74, 6) is 0. The highest BCUT2D eigenvalue weighted by Crippen LogP contribution is 2.22. The van der Waals surface area contributed by atoms with Crippen molar-refractivity contribution in [2.24, 2.45) is 0 Å². The summed E-state index contributed by atoms with van der Waals surface area (Å²) in [5, 5.41) is 3.57. The molecule has 0 atom stereocenters. The summed E-state index contributed by atoms with van der Waals surface area (Å²) < 4.78 is 5.59. The Morgan fingerprint density at radius 3 is 2.57 bits per heavy atom. The molecule has 1 heterocycles. The Kier molecular flexibility index (Phi) is 4.63. The van der Waals surface area contributed by atoms with Gasteiger partial charge in [0.15, 0.2) is 0 Å². The molecule has 1 aromatic carbocycles. The van der Waals surface area contributed by atoms with E-state index in [0.717, 1.165) is 45.3 Å². The van der Waals surface area contributed by atoms with E-state index in [2.05, 4.69) is 48.3 Å². The molecule has 116 valence electrons. The van der Waals surface area contributed by atoms with Gasteiger partial charge in [0.05, 0.1) is 13.2 Å². The highest BCUT2D eigenvalue weighted by molar-refractivity contribution is 5.23. The van der Waals surface area contributed by atoms with Crippen molar-refractivity contribution in [1.82, 2.24) is 10.2 Å². The van der Waals surface area contributed by atoms with Gasteiger partial charge in [0, 0.05) is 24.7 Å². The van der Waals surface area contributed by atoms with Crippen LogP contribution in [0, 0.1) is 0 Å². The van der Waals surface area contributed by atoms with Gasteiger partial charge in [0.1, 0.15) is 0 Å². The van der Waals surface area contributed by atoms with E-state index in [0.29, 0.717) is 0 Å². The molecule has 1 aliphatic carbocycles. The molecule has 3 nitrogen and oxygen atoms in total. The first-order chi connectivity index (χ1) is 10.1. The predicted octanol–water partition coefficient (Wildman–Crippen LogP) is 2.59. The molecule has 1 aromatic rings. The number of hydrogen-bond donors (Lipinski definition) is 1. The molecular formula is C18H28N2O. The van der Waals surface area contributed by atoms with Gasteiger partial charge in [-0.15, -0.1) is 0 Å². The van der Waals surface area contributed by atoms with Gasteiger partial charge in [0.25, 0.3) is 0 Å². The average Bonchev–Trinajstić information content (AvgIpc) is 3.27. The Morgan fingerprint density at radius 1 is 1.19 bits per heavy atom. The van der Waals surface area contributed by atoms with Crippen molar-refractivity contribution in [2.45, 2.75) is 51.2 Å². The number of morpholine rings is 1. The lowest BCUT2D eigenvalue weighted by molar-refractivity contribution is -0.0552. The molecule has 2 aliphatic rings. The Bertz CT molecular complexity index is 451. The van der Waals surface area contributed by atoms with Crippen LogP contribution in [0.1, 0.15) is 37.8 Å². The van der Waals surface area contributed by atoms with Gasteiger partial charge in [-0.2, -0.15) is 0 Å². The van der Waals surface area contributed by atoms with Crippen LogP contribution in [0.5, 0.6) is 0 Å². The molecule has 3 heteroatoms. The van der Waals surface area contributed by atoms with Gasteiger partial charge >= 0.3 is 0 Å². The SMILES string of the molecule is CC1(C)COCCN1Cc1ccc(CCNC2CC2)cc1. The third-order valence-corrected chi connectivity index (χ3v) is 4.64. The zero-order chi connectivity index (χ0) is 14.7. The summed E-state index contributed by atoms with van der Waals surface area (Å²) in [6, 6.07) is 9.97. The summed E-state index contributed by atoms with van der Waals surface area (Å²) in [6.07, 6.45) is 3.88. The fourth-order valence-corrected chi connectivity index (χ4v) is 2.92. The van der Waals surface area contributed by atoms with Crippen molar-refractivity contribution in [2.75, 3.05) is 26.3 Å². The van der Waals surface area contributed by atoms with Crippen LogP contribution in [0.2, 0.25) is 0 Å². The van der Waals surface area contributed by atoms with Gasteiger partial charge in [-0.25, -0.2) is 0 Å². The third-order valence-electron chi connectivity index (χ3n) is 4.64. The van der Waals surface area contributed by atoms with Crippen molar-refractivity contribution in [3.8, 4) is 0 Å². The van der Waals surface area contributed by atoms with Crippen molar-refractivity contribution < 1.29 is 4.74 Å². The summed E-state index contributed by atoms with van der Waals surface area (Å²) in [7, 11) is 0. The topological polar surface area (TPSA) is 24.5 Å². The van der Waals surface area contributed by atoms with Crippen LogP contribution in [0.3, 0.4) is 0 Å². The van der Waals surface area contributed by atoms with Gasteiger partial charge in [-0.3, -0.25) is 4.90 Å². The minimum atomic E-state index is 0.144. The van der Waals surface area contributed by atoms with Crippen molar-refractivity contribution in [1.29, 1.82) is 0 Å². The largest absolute Gasteiger partial charge is 0.378 e. The molecule has 0 bridgehead atoms. The minimum Gasteiger partial charge on any atom is -0.378 e. The molecule has 0 amide bonds. The van der Waals surface area contributed by atoms with Crippen LogP contribution >= 0.6 is 0 Å². The molecule has 1 saturated heterocycles. The van der Waals surface area contributed by atoms with Gasteiger partial charge < -0.3 is 10.1 Å². The molecule has 2 fully saturated rings. The van der Waals surface area contributed by atoms with Crippen LogP contribution in [0.25, 0.3) is 0 Å². The Balaban J connectivity index is 1.51. The minimum absolute atomic E-state index is 0.144. The van der Waals surface area contributed by atoms with E-state index in [1.165, 1.54) is 24.0 Å². The highest BCUT2D eigenvalue weighted by atomic mass is 16.5. The first-order valence-corrected chi connectivity index (χ1v) is 8.27. The second-order valence-electron chi connectivity index (χ2n) is 7.08. The van der Waals surface area contributed by atoms with E-state index in [1.807, 2.05) is 0 Å². The van der Waals surface area contributed by atoms with Crippen LogP contribution in [-0.4, -0.2) is 42.8 Å². The quantitative estimate of drug-likeness (QED) is 0.871. The fourth-order valence-electron chi connectivity index (χ4n) is 2.92. The average molecular weight is 288 g/mol. The lowest BCUT2D eigenvalue weighted by Crippen LogP contribution is -2.52. The van der Waals surface area contributed by atoms with E-state index in [-0.39, 0.29) is 5.54 Å². The van der Waals surface area contributed by atoms with Crippen LogP contribution in [-0.2, 0) is 17.7 Å². The Hall–Kier alpha value is -0.900. The molecule has 0 radical (unpaired) electrons. The zero-order valence-corrected chi connectivity index (χ0v) is 13.4. The molecule has 0 spiro atoms. The first kappa shape index (κ1) is 15.0. The predicted molar refractivity (Wildman–Crippen MR) is 86.5 cm³/mol.